The van der Waals surface area contributed by atoms with E-state index in [4.69, 9.17) is 10.5 Å². The molecular weight excluding hydrogens is 378 g/mol. The smallest absolute Gasteiger partial charge is 0.355 e. The van der Waals surface area contributed by atoms with E-state index in [1.54, 1.807) is 27.8 Å². The van der Waals surface area contributed by atoms with Crippen molar-refractivity contribution >= 4 is 35.4 Å². The molecule has 1 unspecified atom stereocenters. The summed E-state index contributed by atoms with van der Waals surface area (Å²) in [4.78, 5) is 37.9. The lowest BCUT2D eigenvalue weighted by molar-refractivity contribution is -0.157. The fraction of sp³-hybridized carbons (Fsp3) is 0.600. The van der Waals surface area contributed by atoms with E-state index in [1.165, 1.54) is 33.0 Å². The molecular formula is C15H21N5O4S2. The number of nitrogens with two attached hydrogens (primary N) is 1. The molecule has 3 heterocycles. The molecule has 1 saturated heterocycles. The van der Waals surface area contributed by atoms with Gasteiger partial charge in [-0.15, -0.1) is 16.9 Å². The molecule has 1 fully saturated rings. The van der Waals surface area contributed by atoms with E-state index >= 15 is 0 Å². The largest absolute Gasteiger partial charge is 0.455 e. The monoisotopic (exact) mass is 399 g/mol. The third kappa shape index (κ3) is 3.42. The Morgan fingerprint density at radius 3 is 2.73 bits per heavy atom. The van der Waals surface area contributed by atoms with Crippen LogP contribution in [0.5, 0.6) is 0 Å². The van der Waals surface area contributed by atoms with Crippen LogP contribution in [-0.2, 0) is 21.4 Å². The Balaban J connectivity index is 1.88. The minimum Gasteiger partial charge on any atom is -0.455 e. The van der Waals surface area contributed by atoms with E-state index < -0.39 is 17.6 Å². The van der Waals surface area contributed by atoms with Gasteiger partial charge in [0, 0.05) is 18.6 Å². The standard InChI is InChI=1S/C15H21N5O4S2/c1-15(2,3)24-12(22)9-7(5-25-11-8(16)10(21)20(9)11)6-26-14-18-17-13(23)19(14)4/h8,11H,5-6,16H2,1-4H3,(H,17,23)/t8?,11-/m1/s1. The number of fused-ring (bicyclic) bond motifs is 1. The first-order valence-corrected chi connectivity index (χ1v) is 10.0. The van der Waals surface area contributed by atoms with Crippen LogP contribution in [0, 0.1) is 0 Å². The number of hydrogen-bond acceptors (Lipinski definition) is 8. The first kappa shape index (κ1) is 19.1. The van der Waals surface area contributed by atoms with Crippen LogP contribution in [0.15, 0.2) is 21.2 Å². The fourth-order valence-corrected chi connectivity index (χ4v) is 4.97. The highest BCUT2D eigenvalue weighted by molar-refractivity contribution is 8.01. The number of rotatable bonds is 4. The van der Waals surface area contributed by atoms with E-state index in [0.29, 0.717) is 16.7 Å². The highest BCUT2D eigenvalue weighted by atomic mass is 32.2. The maximum absolute atomic E-state index is 12.7. The van der Waals surface area contributed by atoms with Gasteiger partial charge in [0.25, 0.3) is 0 Å². The zero-order chi connectivity index (χ0) is 19.2. The molecule has 26 heavy (non-hydrogen) atoms. The summed E-state index contributed by atoms with van der Waals surface area (Å²) in [6.45, 7) is 5.33. The first-order chi connectivity index (χ1) is 12.1. The van der Waals surface area contributed by atoms with Crippen molar-refractivity contribution in [3.8, 4) is 0 Å². The first-order valence-electron chi connectivity index (χ1n) is 8.00. The van der Waals surface area contributed by atoms with E-state index in [1.807, 2.05) is 0 Å². The quantitative estimate of drug-likeness (QED) is 0.413. The van der Waals surface area contributed by atoms with Crippen LogP contribution in [0.1, 0.15) is 20.8 Å². The molecule has 0 saturated carbocycles. The van der Waals surface area contributed by atoms with Crippen LogP contribution in [0.2, 0.25) is 0 Å². The van der Waals surface area contributed by atoms with Crippen molar-refractivity contribution in [1.29, 1.82) is 0 Å². The molecule has 2 atom stereocenters. The summed E-state index contributed by atoms with van der Waals surface area (Å²) < 4.78 is 6.89. The van der Waals surface area contributed by atoms with E-state index in [0.717, 1.165) is 5.57 Å². The summed E-state index contributed by atoms with van der Waals surface area (Å²) in [6.07, 6.45) is 0. The Kier molecular flexibility index (Phi) is 4.97. The van der Waals surface area contributed by atoms with Crippen LogP contribution < -0.4 is 11.4 Å². The Bertz CT molecular complexity index is 838. The van der Waals surface area contributed by atoms with Crippen molar-refractivity contribution in [1.82, 2.24) is 19.7 Å². The van der Waals surface area contributed by atoms with Gasteiger partial charge in [0.15, 0.2) is 5.16 Å². The number of thioether (sulfide) groups is 2. The Hall–Kier alpha value is -1.72. The zero-order valence-corrected chi connectivity index (χ0v) is 16.6. The van der Waals surface area contributed by atoms with Gasteiger partial charge in [-0.1, -0.05) is 11.8 Å². The SMILES string of the molecule is Cn1c(SCC2=C(C(=O)OC(C)(C)C)N3C(=O)C(N)[C@H]3SC2)n[nH]c1=O. The number of aromatic amines is 1. The second-order valence-electron chi connectivity index (χ2n) is 7.05. The number of hydrogen-bond donors (Lipinski definition) is 2. The van der Waals surface area contributed by atoms with Gasteiger partial charge in [-0.05, 0) is 26.3 Å². The van der Waals surface area contributed by atoms with Gasteiger partial charge in [-0.25, -0.2) is 14.7 Å². The molecule has 0 bridgehead atoms. The third-order valence-electron chi connectivity index (χ3n) is 3.89. The lowest BCUT2D eigenvalue weighted by atomic mass is 10.0. The summed E-state index contributed by atoms with van der Waals surface area (Å²) in [7, 11) is 1.61. The topological polar surface area (TPSA) is 123 Å². The number of H-pyrrole nitrogens is 1. The molecule has 2 aliphatic heterocycles. The van der Waals surface area contributed by atoms with Crippen LogP contribution in [0.25, 0.3) is 0 Å². The lowest BCUT2D eigenvalue weighted by Crippen LogP contribution is -2.68. The lowest BCUT2D eigenvalue weighted by Gasteiger charge is -2.48. The predicted molar refractivity (Wildman–Crippen MR) is 98.5 cm³/mol. The molecule has 0 radical (unpaired) electrons. The summed E-state index contributed by atoms with van der Waals surface area (Å²) in [6, 6.07) is -0.598. The highest BCUT2D eigenvalue weighted by Crippen LogP contribution is 2.41. The van der Waals surface area contributed by atoms with Crippen molar-refractivity contribution in [3.63, 3.8) is 0 Å². The van der Waals surface area contributed by atoms with Gasteiger partial charge in [0.1, 0.15) is 22.7 Å². The summed E-state index contributed by atoms with van der Waals surface area (Å²) in [5.41, 5.74) is 5.90. The fourth-order valence-electron chi connectivity index (χ4n) is 2.62. The normalized spacial score (nSPS) is 23.0. The van der Waals surface area contributed by atoms with Gasteiger partial charge in [-0.2, -0.15) is 0 Å². The maximum Gasteiger partial charge on any atom is 0.355 e. The summed E-state index contributed by atoms with van der Waals surface area (Å²) in [5, 5.41) is 6.58. The van der Waals surface area contributed by atoms with Crippen LogP contribution in [-0.4, -0.2) is 60.1 Å². The number of nitrogens with zero attached hydrogens (tertiary/aromatic N) is 3. The number of amides is 1. The number of nitrogens with one attached hydrogen (secondary N) is 1. The van der Waals surface area contributed by atoms with Crippen molar-refractivity contribution in [2.24, 2.45) is 12.8 Å². The molecule has 0 spiro atoms. The van der Waals surface area contributed by atoms with E-state index in [2.05, 4.69) is 10.2 Å². The van der Waals surface area contributed by atoms with Crippen molar-refractivity contribution < 1.29 is 14.3 Å². The second-order valence-corrected chi connectivity index (χ2v) is 9.10. The number of ether oxygens (including phenoxy) is 1. The average molecular weight is 399 g/mol. The van der Waals surface area contributed by atoms with Gasteiger partial charge in [0.2, 0.25) is 5.91 Å². The highest BCUT2D eigenvalue weighted by Gasteiger charge is 2.52. The summed E-state index contributed by atoms with van der Waals surface area (Å²) >= 11 is 2.84. The minimum absolute atomic E-state index is 0.242. The minimum atomic E-state index is -0.676. The molecule has 1 amide bonds. The molecule has 2 aliphatic rings. The molecule has 3 N–H and O–H groups in total. The van der Waals surface area contributed by atoms with Crippen LogP contribution in [0.3, 0.4) is 0 Å². The average Bonchev–Trinajstić information content (AvgIpc) is 2.88. The second kappa shape index (κ2) is 6.78. The number of β-lactam (4-membered cyclic amide) rings is 1. The Morgan fingerprint density at radius 2 is 2.15 bits per heavy atom. The van der Waals surface area contributed by atoms with Gasteiger partial charge < -0.3 is 10.5 Å². The summed E-state index contributed by atoms with van der Waals surface area (Å²) in [5.74, 6) is 0.153. The van der Waals surface area contributed by atoms with Crippen molar-refractivity contribution in [2.45, 2.75) is 42.9 Å². The van der Waals surface area contributed by atoms with E-state index in [9.17, 15) is 14.4 Å². The molecule has 0 aromatic carbocycles. The molecule has 1 aromatic rings. The Morgan fingerprint density at radius 1 is 1.46 bits per heavy atom. The third-order valence-corrected chi connectivity index (χ3v) is 6.37. The molecule has 142 valence electrons. The van der Waals surface area contributed by atoms with Crippen LogP contribution in [0.4, 0.5) is 0 Å². The van der Waals surface area contributed by atoms with Gasteiger partial charge in [0.05, 0.1) is 0 Å². The van der Waals surface area contributed by atoms with E-state index in [-0.39, 0.29) is 22.7 Å². The van der Waals surface area contributed by atoms with Gasteiger partial charge >= 0.3 is 11.7 Å². The van der Waals surface area contributed by atoms with Gasteiger partial charge in [-0.3, -0.25) is 14.3 Å². The van der Waals surface area contributed by atoms with Crippen LogP contribution >= 0.6 is 23.5 Å². The molecule has 9 nitrogen and oxygen atoms in total. The van der Waals surface area contributed by atoms with Crippen molar-refractivity contribution in [2.75, 3.05) is 11.5 Å². The molecule has 11 heteroatoms. The number of esters is 1. The Labute approximate surface area is 158 Å². The number of carbonyl (C=O) groups excluding carboxylic acids is 2. The number of carbonyl (C=O) groups is 2. The molecule has 3 rings (SSSR count). The molecule has 0 aliphatic carbocycles. The number of aromatic nitrogens is 3. The maximum atomic E-state index is 12.7. The molecule has 1 aromatic heterocycles. The zero-order valence-electron chi connectivity index (χ0n) is 14.9. The van der Waals surface area contributed by atoms with Crippen molar-refractivity contribution in [3.05, 3.63) is 21.8 Å². The predicted octanol–water partition coefficient (Wildman–Crippen LogP) is 0.0387.